The number of carbonyl (C=O) groups is 2. The molecule has 0 aromatic heterocycles. The van der Waals surface area contributed by atoms with Crippen molar-refractivity contribution in [1.29, 1.82) is 0 Å². The van der Waals surface area contributed by atoms with E-state index in [0.717, 1.165) is 0 Å². The van der Waals surface area contributed by atoms with Crippen LogP contribution < -0.4 is 11.1 Å². The van der Waals surface area contributed by atoms with E-state index in [2.05, 4.69) is 5.32 Å². The fourth-order valence-electron chi connectivity index (χ4n) is 1.41. The van der Waals surface area contributed by atoms with E-state index in [9.17, 15) is 9.59 Å². The minimum Gasteiger partial charge on any atom is -0.444 e. The van der Waals surface area contributed by atoms with Gasteiger partial charge < -0.3 is 15.8 Å². The fourth-order valence-corrected chi connectivity index (χ4v) is 1.41. The summed E-state index contributed by atoms with van der Waals surface area (Å²) >= 11 is 0. The Balaban J connectivity index is 4.62. The highest BCUT2D eigenvalue weighted by Gasteiger charge is 2.35. The molecular formula is C12H24N2O3. The predicted molar refractivity (Wildman–Crippen MR) is 66.4 cm³/mol. The van der Waals surface area contributed by atoms with Crippen molar-refractivity contribution < 1.29 is 14.3 Å². The molecule has 17 heavy (non-hydrogen) atoms. The largest absolute Gasteiger partial charge is 0.444 e. The Morgan fingerprint density at radius 2 is 1.71 bits per heavy atom. The van der Waals surface area contributed by atoms with Crippen LogP contribution in [0.2, 0.25) is 0 Å². The summed E-state index contributed by atoms with van der Waals surface area (Å²) in [5.41, 5.74) is 3.96. The lowest BCUT2D eigenvalue weighted by Crippen LogP contribution is -2.51. The van der Waals surface area contributed by atoms with E-state index in [1.807, 2.05) is 6.92 Å². The molecule has 0 radical (unpaired) electrons. The van der Waals surface area contributed by atoms with Gasteiger partial charge in [0.1, 0.15) is 5.60 Å². The van der Waals surface area contributed by atoms with Crippen LogP contribution >= 0.6 is 0 Å². The van der Waals surface area contributed by atoms with Crippen molar-refractivity contribution in [3.8, 4) is 0 Å². The maximum Gasteiger partial charge on any atom is 0.407 e. The van der Waals surface area contributed by atoms with Crippen LogP contribution in [-0.4, -0.2) is 23.6 Å². The molecule has 5 nitrogen and oxygen atoms in total. The highest BCUT2D eigenvalue weighted by molar-refractivity contribution is 5.81. The van der Waals surface area contributed by atoms with Gasteiger partial charge in [-0.05, 0) is 41.0 Å². The van der Waals surface area contributed by atoms with Gasteiger partial charge in [0.2, 0.25) is 5.91 Å². The number of carbonyl (C=O) groups excluding carboxylic acids is 2. The monoisotopic (exact) mass is 244 g/mol. The number of nitrogens with two attached hydrogens (primary N) is 1. The summed E-state index contributed by atoms with van der Waals surface area (Å²) in [5.74, 6) is -0.444. The summed E-state index contributed by atoms with van der Waals surface area (Å²) < 4.78 is 5.14. The smallest absolute Gasteiger partial charge is 0.407 e. The van der Waals surface area contributed by atoms with Crippen molar-refractivity contribution in [1.82, 2.24) is 5.32 Å². The molecule has 0 aliphatic heterocycles. The van der Waals surface area contributed by atoms with Crippen LogP contribution in [0, 0.1) is 5.41 Å². The average Bonchev–Trinajstić information content (AvgIpc) is 2.10. The number of primary amides is 1. The number of alkyl carbamates (subject to hydrolysis) is 1. The standard InChI is InChI=1S/C12H24N2O3/c1-7-8(12(5,6)9(13)15)14-10(16)17-11(2,3)4/h8H,7H2,1-6H3,(H2,13,15)(H,14,16)/t8-/m1/s1. The molecule has 0 saturated carbocycles. The number of ether oxygens (including phenoxy) is 1. The molecule has 5 heteroatoms. The van der Waals surface area contributed by atoms with E-state index in [1.165, 1.54) is 0 Å². The zero-order chi connectivity index (χ0) is 13.9. The summed E-state index contributed by atoms with van der Waals surface area (Å²) in [5, 5.41) is 2.68. The Morgan fingerprint density at radius 3 is 2.00 bits per heavy atom. The Labute approximate surface area is 103 Å². The first-order chi connectivity index (χ1) is 7.50. The molecule has 0 unspecified atom stereocenters. The van der Waals surface area contributed by atoms with Crippen molar-refractivity contribution in [2.75, 3.05) is 0 Å². The fraction of sp³-hybridized carbons (Fsp3) is 0.833. The van der Waals surface area contributed by atoms with Crippen molar-refractivity contribution in [2.24, 2.45) is 11.1 Å². The number of amides is 2. The molecule has 0 aromatic rings. The van der Waals surface area contributed by atoms with Crippen LogP contribution in [-0.2, 0) is 9.53 Å². The van der Waals surface area contributed by atoms with Crippen molar-refractivity contribution in [3.63, 3.8) is 0 Å². The minimum absolute atomic E-state index is 0.338. The summed E-state index contributed by atoms with van der Waals surface area (Å²) in [7, 11) is 0. The van der Waals surface area contributed by atoms with Gasteiger partial charge in [-0.1, -0.05) is 6.92 Å². The first-order valence-corrected chi connectivity index (χ1v) is 5.80. The van der Waals surface area contributed by atoms with Gasteiger partial charge in [-0.15, -0.1) is 0 Å². The van der Waals surface area contributed by atoms with E-state index < -0.39 is 23.0 Å². The third-order valence-electron chi connectivity index (χ3n) is 2.61. The quantitative estimate of drug-likeness (QED) is 0.791. The Kier molecular flexibility index (Phi) is 4.98. The van der Waals surface area contributed by atoms with Crippen LogP contribution in [0.4, 0.5) is 4.79 Å². The van der Waals surface area contributed by atoms with E-state index in [4.69, 9.17) is 10.5 Å². The second-order valence-corrected chi connectivity index (χ2v) is 5.69. The number of nitrogens with one attached hydrogen (secondary N) is 1. The average molecular weight is 244 g/mol. The summed E-state index contributed by atoms with van der Waals surface area (Å²) in [6.07, 6.45) is 0.0773. The van der Waals surface area contributed by atoms with Gasteiger partial charge in [-0.3, -0.25) is 4.79 Å². The summed E-state index contributed by atoms with van der Waals surface area (Å²) in [6.45, 7) is 10.7. The highest BCUT2D eigenvalue weighted by Crippen LogP contribution is 2.22. The molecule has 0 heterocycles. The molecule has 3 N–H and O–H groups in total. The lowest BCUT2D eigenvalue weighted by Gasteiger charge is -2.32. The zero-order valence-electron chi connectivity index (χ0n) is 11.6. The summed E-state index contributed by atoms with van der Waals surface area (Å²) in [6, 6.07) is -0.338. The van der Waals surface area contributed by atoms with Crippen molar-refractivity contribution >= 4 is 12.0 Å². The first kappa shape index (κ1) is 15.7. The van der Waals surface area contributed by atoms with E-state index in [0.29, 0.717) is 6.42 Å². The topological polar surface area (TPSA) is 81.4 Å². The predicted octanol–water partition coefficient (Wildman–Crippen LogP) is 1.80. The molecule has 0 fully saturated rings. The lowest BCUT2D eigenvalue weighted by atomic mass is 9.82. The van der Waals surface area contributed by atoms with Gasteiger partial charge in [-0.25, -0.2) is 4.79 Å². The molecular weight excluding hydrogens is 220 g/mol. The van der Waals surface area contributed by atoms with E-state index >= 15 is 0 Å². The van der Waals surface area contributed by atoms with Crippen LogP contribution in [0.15, 0.2) is 0 Å². The molecule has 0 aromatic carbocycles. The molecule has 0 saturated heterocycles. The van der Waals surface area contributed by atoms with Gasteiger partial charge in [0, 0.05) is 6.04 Å². The van der Waals surface area contributed by atoms with Crippen LogP contribution in [0.5, 0.6) is 0 Å². The minimum atomic E-state index is -0.800. The third-order valence-corrected chi connectivity index (χ3v) is 2.61. The van der Waals surface area contributed by atoms with Crippen LogP contribution in [0.3, 0.4) is 0 Å². The molecule has 1 atom stereocenters. The third kappa shape index (κ3) is 5.06. The first-order valence-electron chi connectivity index (χ1n) is 5.80. The normalized spacial score (nSPS) is 14.0. The van der Waals surface area contributed by atoms with Gasteiger partial charge in [-0.2, -0.15) is 0 Å². The summed E-state index contributed by atoms with van der Waals surface area (Å²) in [4.78, 5) is 22.9. The zero-order valence-corrected chi connectivity index (χ0v) is 11.6. The van der Waals surface area contributed by atoms with Gasteiger partial charge in [0.25, 0.3) is 0 Å². The van der Waals surface area contributed by atoms with E-state index in [-0.39, 0.29) is 6.04 Å². The van der Waals surface area contributed by atoms with Crippen molar-refractivity contribution in [2.45, 2.75) is 59.6 Å². The number of hydrogen-bond donors (Lipinski definition) is 2. The van der Waals surface area contributed by atoms with E-state index in [1.54, 1.807) is 34.6 Å². The second kappa shape index (κ2) is 5.38. The maximum absolute atomic E-state index is 11.6. The van der Waals surface area contributed by atoms with Gasteiger partial charge >= 0.3 is 6.09 Å². The number of rotatable bonds is 4. The Morgan fingerprint density at radius 1 is 1.24 bits per heavy atom. The van der Waals surface area contributed by atoms with Crippen LogP contribution in [0.1, 0.15) is 48.0 Å². The molecule has 0 bridgehead atoms. The molecule has 0 aliphatic carbocycles. The SMILES string of the molecule is CC[C@@H](NC(=O)OC(C)(C)C)C(C)(C)C(N)=O. The maximum atomic E-state index is 11.6. The second-order valence-electron chi connectivity index (χ2n) is 5.69. The highest BCUT2D eigenvalue weighted by atomic mass is 16.6. The van der Waals surface area contributed by atoms with Crippen molar-refractivity contribution in [3.05, 3.63) is 0 Å². The Bertz CT molecular complexity index is 293. The van der Waals surface area contributed by atoms with Gasteiger partial charge in [0.05, 0.1) is 5.41 Å². The lowest BCUT2D eigenvalue weighted by molar-refractivity contribution is -0.127. The molecule has 2 amide bonds. The molecule has 100 valence electrons. The molecule has 0 spiro atoms. The van der Waals surface area contributed by atoms with Gasteiger partial charge in [0.15, 0.2) is 0 Å². The Hall–Kier alpha value is -1.26. The molecule has 0 aliphatic rings. The number of hydrogen-bond acceptors (Lipinski definition) is 3. The van der Waals surface area contributed by atoms with Crippen LogP contribution in [0.25, 0.3) is 0 Å². The molecule has 0 rings (SSSR count).